The lowest BCUT2D eigenvalue weighted by Crippen LogP contribution is -2.49. The molecule has 2 amide bonds. The first-order valence-electron chi connectivity index (χ1n) is 9.07. The van der Waals surface area contributed by atoms with Gasteiger partial charge in [-0.05, 0) is 43.8 Å². The molecule has 1 saturated carbocycles. The number of carboxylic acid groups (broad SMARTS) is 2. The van der Waals surface area contributed by atoms with Crippen LogP contribution in [0.1, 0.15) is 40.5 Å². The maximum absolute atomic E-state index is 12.6. The Labute approximate surface area is 164 Å². The molecule has 28 heavy (non-hydrogen) atoms. The first-order valence-corrected chi connectivity index (χ1v) is 11.0. The Morgan fingerprint density at radius 2 is 1.64 bits per heavy atom. The highest BCUT2D eigenvalue weighted by atomic mass is 32.3. The molecule has 9 nitrogen and oxygen atoms in total. The molecule has 10 heteroatoms. The van der Waals surface area contributed by atoms with E-state index in [1.807, 2.05) is 0 Å². The molecule has 1 fully saturated rings. The summed E-state index contributed by atoms with van der Waals surface area (Å²) in [4.78, 5) is 48.5. The highest BCUT2D eigenvalue weighted by molar-refractivity contribution is 8.40. The Morgan fingerprint density at radius 3 is 2.04 bits per heavy atom. The second kappa shape index (κ2) is 7.86. The maximum Gasteiger partial charge on any atom is 0.341 e. The predicted molar refractivity (Wildman–Crippen MR) is 104 cm³/mol. The van der Waals surface area contributed by atoms with Crippen molar-refractivity contribution in [3.63, 3.8) is 0 Å². The number of carboxylic acids is 2. The van der Waals surface area contributed by atoms with Crippen LogP contribution < -0.4 is 10.6 Å². The van der Waals surface area contributed by atoms with Crippen LogP contribution in [0.4, 0.5) is 4.79 Å². The molecular formula is C18H26N2O7S. The number of hydrogen-bond donors (Lipinski definition) is 4. The molecule has 0 bridgehead atoms. The van der Waals surface area contributed by atoms with Gasteiger partial charge in [-0.3, -0.25) is 0 Å². The van der Waals surface area contributed by atoms with Gasteiger partial charge in [-0.1, -0.05) is 13.8 Å². The van der Waals surface area contributed by atoms with E-state index in [-0.39, 0.29) is 27.7 Å². The summed E-state index contributed by atoms with van der Waals surface area (Å²) < 4.78 is 4.98. The van der Waals surface area contributed by atoms with Gasteiger partial charge in [-0.25, -0.2) is 19.2 Å². The van der Waals surface area contributed by atoms with Crippen LogP contribution in [0, 0.1) is 0 Å². The zero-order valence-electron chi connectivity index (χ0n) is 16.4. The van der Waals surface area contributed by atoms with Crippen LogP contribution >= 0.6 is 10.0 Å². The van der Waals surface area contributed by atoms with Crippen LogP contribution in [-0.4, -0.2) is 57.8 Å². The third-order valence-corrected chi connectivity index (χ3v) is 9.44. The Morgan fingerprint density at radius 1 is 1.07 bits per heavy atom. The highest BCUT2D eigenvalue weighted by Gasteiger charge is 2.53. The summed E-state index contributed by atoms with van der Waals surface area (Å²) in [6.45, 7) is 6.86. The lowest BCUT2D eigenvalue weighted by molar-refractivity contribution is -0.146. The second-order valence-corrected chi connectivity index (χ2v) is 10.3. The second-order valence-electron chi connectivity index (χ2n) is 6.61. The van der Waals surface area contributed by atoms with Gasteiger partial charge in [-0.2, -0.15) is 10.0 Å². The van der Waals surface area contributed by atoms with Gasteiger partial charge in [0.15, 0.2) is 0 Å². The Balaban J connectivity index is 2.39. The van der Waals surface area contributed by atoms with Gasteiger partial charge in [0.2, 0.25) is 0 Å². The molecule has 0 radical (unpaired) electrons. The van der Waals surface area contributed by atoms with Crippen molar-refractivity contribution >= 4 is 34.0 Å². The van der Waals surface area contributed by atoms with Crippen LogP contribution in [0.5, 0.6) is 0 Å². The molecule has 1 aliphatic carbocycles. The number of ether oxygens (including phenoxy) is 1. The van der Waals surface area contributed by atoms with Crippen molar-refractivity contribution in [1.29, 1.82) is 0 Å². The minimum absolute atomic E-state index is 0.0525. The molecule has 0 aromatic carbocycles. The average molecular weight is 414 g/mol. The zero-order valence-corrected chi connectivity index (χ0v) is 17.2. The van der Waals surface area contributed by atoms with Crippen LogP contribution in [0.3, 0.4) is 0 Å². The lowest BCUT2D eigenvalue weighted by atomic mass is 10.1. The Bertz CT molecular complexity index is 792. The third kappa shape index (κ3) is 3.48. The number of hydrogen-bond acceptors (Lipinski definition) is 5. The molecular weight excluding hydrogens is 388 g/mol. The van der Waals surface area contributed by atoms with Gasteiger partial charge >= 0.3 is 23.9 Å². The number of amides is 2. The number of carbonyl (C=O) groups is 4. The quantitative estimate of drug-likeness (QED) is 0.444. The molecule has 1 aliphatic heterocycles. The smallest absolute Gasteiger partial charge is 0.341 e. The van der Waals surface area contributed by atoms with E-state index in [9.17, 15) is 29.4 Å². The number of carbonyl (C=O) groups excluding carboxylic acids is 2. The monoisotopic (exact) mass is 414 g/mol. The summed E-state index contributed by atoms with van der Waals surface area (Å²) in [5.41, 5.74) is -1.13. The van der Waals surface area contributed by atoms with E-state index in [1.54, 1.807) is 20.8 Å². The van der Waals surface area contributed by atoms with E-state index in [1.165, 1.54) is 6.92 Å². The van der Waals surface area contributed by atoms with Crippen molar-refractivity contribution in [2.75, 3.05) is 18.1 Å². The summed E-state index contributed by atoms with van der Waals surface area (Å²) in [7, 11) is -2.23. The van der Waals surface area contributed by atoms with E-state index in [2.05, 4.69) is 10.6 Å². The van der Waals surface area contributed by atoms with E-state index in [0.717, 1.165) is 0 Å². The zero-order chi connectivity index (χ0) is 21.3. The Kier molecular flexibility index (Phi) is 6.12. The summed E-state index contributed by atoms with van der Waals surface area (Å²) in [6, 6.07) is -0.738. The summed E-state index contributed by atoms with van der Waals surface area (Å²) in [5, 5.41) is 24.7. The van der Waals surface area contributed by atoms with Crippen molar-refractivity contribution in [2.45, 2.75) is 46.1 Å². The largest absolute Gasteiger partial charge is 0.478 e. The molecule has 0 atom stereocenters. The Hall–Kier alpha value is -2.49. The number of urea groups is 1. The van der Waals surface area contributed by atoms with Crippen LogP contribution in [0.25, 0.3) is 0 Å². The van der Waals surface area contributed by atoms with Crippen molar-refractivity contribution < 1.29 is 34.1 Å². The third-order valence-electron chi connectivity index (χ3n) is 5.11. The molecule has 0 spiro atoms. The van der Waals surface area contributed by atoms with Gasteiger partial charge in [0, 0.05) is 0 Å². The minimum Gasteiger partial charge on any atom is -0.478 e. The standard InChI is InChI=1S/C18H26N2O7S/c1-5-27-16(25)18(8-9-18)20-17(26)19-13-11(14(21)22)10(4)12(15(23)24)28(13,6-2)7-3/h5-9H2,1-4H3,(H,21,22)(H,23,24)(H2,19,20,26). The van der Waals surface area contributed by atoms with Crippen molar-refractivity contribution in [2.24, 2.45) is 0 Å². The maximum atomic E-state index is 12.6. The van der Waals surface area contributed by atoms with Crippen molar-refractivity contribution in [1.82, 2.24) is 10.6 Å². The summed E-state index contributed by atoms with van der Waals surface area (Å²) in [6.07, 6.45) is 0.864. The molecule has 2 rings (SSSR count). The fourth-order valence-corrected chi connectivity index (χ4v) is 7.24. The molecule has 156 valence electrons. The average Bonchev–Trinajstić information content (AvgIpc) is 3.34. The SMILES string of the molecule is CCOC(=O)C1(NC(=O)NC2=C(C(=O)O)C(C)=C(C(=O)O)S2(CC)CC)CC1. The molecule has 0 aromatic heterocycles. The fourth-order valence-electron chi connectivity index (χ4n) is 3.53. The molecule has 4 N–H and O–H groups in total. The van der Waals surface area contributed by atoms with Crippen molar-refractivity contribution in [3.05, 3.63) is 21.1 Å². The molecule has 0 aromatic rings. The number of nitrogens with one attached hydrogen (secondary N) is 2. The normalized spacial score (nSPS) is 20.4. The first kappa shape index (κ1) is 21.8. The van der Waals surface area contributed by atoms with E-state index >= 15 is 0 Å². The number of rotatable bonds is 8. The molecule has 1 heterocycles. The van der Waals surface area contributed by atoms with Crippen molar-refractivity contribution in [3.8, 4) is 0 Å². The van der Waals surface area contributed by atoms with Crippen LogP contribution in [-0.2, 0) is 19.1 Å². The molecule has 0 unspecified atom stereocenters. The lowest BCUT2D eigenvalue weighted by Gasteiger charge is -2.38. The van der Waals surface area contributed by atoms with Gasteiger partial charge in [0.25, 0.3) is 0 Å². The molecule has 2 aliphatic rings. The van der Waals surface area contributed by atoms with Crippen LogP contribution in [0.2, 0.25) is 0 Å². The van der Waals surface area contributed by atoms with E-state index in [4.69, 9.17) is 4.74 Å². The number of esters is 1. The van der Waals surface area contributed by atoms with Gasteiger partial charge in [-0.15, -0.1) is 0 Å². The topological polar surface area (TPSA) is 142 Å². The minimum atomic E-state index is -2.23. The molecule has 0 saturated heterocycles. The summed E-state index contributed by atoms with van der Waals surface area (Å²) >= 11 is 0. The van der Waals surface area contributed by atoms with E-state index in [0.29, 0.717) is 24.3 Å². The van der Waals surface area contributed by atoms with Gasteiger partial charge < -0.3 is 25.6 Å². The first-order chi connectivity index (χ1) is 13.1. The van der Waals surface area contributed by atoms with Crippen LogP contribution in [0.15, 0.2) is 21.1 Å². The van der Waals surface area contributed by atoms with Gasteiger partial charge in [0.05, 0.1) is 22.1 Å². The number of aliphatic carboxylic acids is 2. The van der Waals surface area contributed by atoms with E-state index < -0.39 is 39.5 Å². The predicted octanol–water partition coefficient (Wildman–Crippen LogP) is 1.89. The fraction of sp³-hybridized carbons (Fsp3) is 0.556. The summed E-state index contributed by atoms with van der Waals surface area (Å²) in [5.74, 6) is -2.27. The van der Waals surface area contributed by atoms with Gasteiger partial charge in [0.1, 0.15) is 5.54 Å². The highest BCUT2D eigenvalue weighted by Crippen LogP contribution is 2.67.